The summed E-state index contributed by atoms with van der Waals surface area (Å²) in [6, 6.07) is 8.59. The molecule has 0 spiro atoms. The molecule has 0 bridgehead atoms. The third-order valence-corrected chi connectivity index (χ3v) is 3.52. The molecule has 1 aromatic heterocycles. The predicted octanol–water partition coefficient (Wildman–Crippen LogP) is 4.00. The molecule has 0 aliphatic heterocycles. The average molecular weight is 285 g/mol. The third kappa shape index (κ3) is 2.33. The Morgan fingerprint density at radius 2 is 1.71 bits per heavy atom. The molecule has 0 aliphatic rings. The third-order valence-electron chi connectivity index (χ3n) is 3.52. The van der Waals surface area contributed by atoms with Crippen molar-refractivity contribution in [3.63, 3.8) is 0 Å². The molecule has 0 aliphatic carbocycles. The normalized spacial score (nSPS) is 11.0. The summed E-state index contributed by atoms with van der Waals surface area (Å²) in [6.07, 6.45) is 1.69. The molecule has 1 heterocycles. The lowest BCUT2D eigenvalue weighted by atomic mass is 10.0. The van der Waals surface area contributed by atoms with Gasteiger partial charge in [-0.25, -0.2) is 8.78 Å². The van der Waals surface area contributed by atoms with Gasteiger partial charge < -0.3 is 4.57 Å². The van der Waals surface area contributed by atoms with Gasteiger partial charge in [0.25, 0.3) is 0 Å². The number of halogens is 2. The van der Waals surface area contributed by atoms with Gasteiger partial charge in [0.2, 0.25) is 0 Å². The fraction of sp³-hybridized carbons (Fsp3) is 0.118. The summed E-state index contributed by atoms with van der Waals surface area (Å²) in [7, 11) is 1.84. The Balaban J connectivity index is 2.18. The first-order chi connectivity index (χ1) is 9.95. The second kappa shape index (κ2) is 4.81. The van der Waals surface area contributed by atoms with E-state index in [2.05, 4.69) is 0 Å². The molecule has 4 heteroatoms. The average Bonchev–Trinajstić information content (AvgIpc) is 2.74. The SMILES string of the molecule is Cc1ccc2c(C(=O)c3cc(F)cc(F)c3)cn(C)c2c1. The highest BCUT2D eigenvalue weighted by molar-refractivity contribution is 6.16. The molecule has 21 heavy (non-hydrogen) atoms. The number of fused-ring (bicyclic) bond motifs is 1. The summed E-state index contributed by atoms with van der Waals surface area (Å²) in [6.45, 7) is 1.97. The van der Waals surface area contributed by atoms with Crippen molar-refractivity contribution in [1.29, 1.82) is 0 Å². The van der Waals surface area contributed by atoms with Gasteiger partial charge in [-0.3, -0.25) is 4.79 Å². The number of hydrogen-bond acceptors (Lipinski definition) is 1. The zero-order valence-corrected chi connectivity index (χ0v) is 11.7. The second-order valence-corrected chi connectivity index (χ2v) is 5.16. The fourth-order valence-electron chi connectivity index (χ4n) is 2.52. The van der Waals surface area contributed by atoms with Crippen molar-refractivity contribution in [2.24, 2.45) is 7.05 Å². The van der Waals surface area contributed by atoms with Crippen LogP contribution in [0.5, 0.6) is 0 Å². The van der Waals surface area contributed by atoms with E-state index in [1.165, 1.54) is 0 Å². The van der Waals surface area contributed by atoms with Gasteiger partial charge in [0.05, 0.1) is 0 Å². The smallest absolute Gasteiger partial charge is 0.195 e. The molecule has 0 atom stereocenters. The van der Waals surface area contributed by atoms with E-state index in [0.717, 1.165) is 34.7 Å². The topological polar surface area (TPSA) is 22.0 Å². The lowest BCUT2D eigenvalue weighted by molar-refractivity contribution is 0.103. The maximum absolute atomic E-state index is 13.3. The zero-order valence-electron chi connectivity index (χ0n) is 11.7. The molecule has 0 saturated heterocycles. The van der Waals surface area contributed by atoms with E-state index >= 15 is 0 Å². The lowest BCUT2D eigenvalue weighted by Gasteiger charge is -2.01. The van der Waals surface area contributed by atoms with Crippen LogP contribution in [0.1, 0.15) is 21.5 Å². The zero-order chi connectivity index (χ0) is 15.1. The number of hydrogen-bond donors (Lipinski definition) is 0. The molecular weight excluding hydrogens is 272 g/mol. The molecule has 0 unspecified atom stereocenters. The van der Waals surface area contributed by atoms with Gasteiger partial charge in [-0.15, -0.1) is 0 Å². The number of nitrogens with zero attached hydrogens (tertiary/aromatic N) is 1. The number of benzene rings is 2. The quantitative estimate of drug-likeness (QED) is 0.652. The number of aromatic nitrogens is 1. The van der Waals surface area contributed by atoms with Crippen LogP contribution in [0.3, 0.4) is 0 Å². The molecule has 106 valence electrons. The number of aryl methyl sites for hydroxylation is 2. The monoisotopic (exact) mass is 285 g/mol. The largest absolute Gasteiger partial charge is 0.350 e. The molecule has 0 amide bonds. The maximum Gasteiger partial charge on any atom is 0.195 e. The van der Waals surface area contributed by atoms with Crippen LogP contribution in [0.4, 0.5) is 8.78 Å². The highest BCUT2D eigenvalue weighted by atomic mass is 19.1. The van der Waals surface area contributed by atoms with Crippen LogP contribution in [0.25, 0.3) is 10.9 Å². The first kappa shape index (κ1) is 13.5. The van der Waals surface area contributed by atoms with Crippen LogP contribution < -0.4 is 0 Å². The molecule has 0 radical (unpaired) electrons. The number of ketones is 1. The predicted molar refractivity (Wildman–Crippen MR) is 77.4 cm³/mol. The van der Waals surface area contributed by atoms with Gasteiger partial charge in [0, 0.05) is 41.3 Å². The van der Waals surface area contributed by atoms with E-state index in [4.69, 9.17) is 0 Å². The minimum absolute atomic E-state index is 0.0144. The Kier molecular flexibility index (Phi) is 3.09. The maximum atomic E-state index is 13.3. The van der Waals surface area contributed by atoms with Crippen LogP contribution in [0.2, 0.25) is 0 Å². The minimum atomic E-state index is -0.755. The van der Waals surface area contributed by atoms with Crippen LogP contribution in [0.15, 0.2) is 42.6 Å². The van der Waals surface area contributed by atoms with E-state index in [0.29, 0.717) is 5.56 Å². The van der Waals surface area contributed by atoms with Crippen LogP contribution >= 0.6 is 0 Å². The molecule has 3 rings (SSSR count). The number of carbonyl (C=O) groups excluding carboxylic acids is 1. The Bertz CT molecular complexity index is 844. The number of carbonyl (C=O) groups is 1. The van der Waals surface area contributed by atoms with E-state index in [-0.39, 0.29) is 11.3 Å². The molecule has 3 aromatic rings. The molecule has 0 fully saturated rings. The summed E-state index contributed by atoms with van der Waals surface area (Å²) < 4.78 is 28.4. The fourth-order valence-corrected chi connectivity index (χ4v) is 2.52. The van der Waals surface area contributed by atoms with E-state index in [1.807, 2.05) is 36.7 Å². The standard InChI is InChI=1S/C17H13F2NO/c1-10-3-4-14-15(9-20(2)16(14)5-10)17(21)11-6-12(18)8-13(19)7-11/h3-9H,1-2H3. The molecular formula is C17H13F2NO. The molecule has 0 N–H and O–H groups in total. The number of rotatable bonds is 2. The summed E-state index contributed by atoms with van der Waals surface area (Å²) in [5, 5.41) is 0.776. The summed E-state index contributed by atoms with van der Waals surface area (Å²) in [5.74, 6) is -1.90. The van der Waals surface area contributed by atoms with Crippen molar-refractivity contribution in [3.8, 4) is 0 Å². The van der Waals surface area contributed by atoms with Gasteiger partial charge in [-0.2, -0.15) is 0 Å². The van der Waals surface area contributed by atoms with E-state index in [1.54, 1.807) is 6.20 Å². The van der Waals surface area contributed by atoms with Gasteiger partial charge in [-0.1, -0.05) is 12.1 Å². The Hall–Kier alpha value is -2.49. The first-order valence-corrected chi connectivity index (χ1v) is 6.52. The van der Waals surface area contributed by atoms with Gasteiger partial charge in [0.15, 0.2) is 5.78 Å². The van der Waals surface area contributed by atoms with Crippen LogP contribution in [-0.4, -0.2) is 10.4 Å². The van der Waals surface area contributed by atoms with Crippen molar-refractivity contribution in [2.75, 3.05) is 0 Å². The first-order valence-electron chi connectivity index (χ1n) is 6.52. The highest BCUT2D eigenvalue weighted by Crippen LogP contribution is 2.24. The lowest BCUT2D eigenvalue weighted by Crippen LogP contribution is -2.02. The Morgan fingerprint density at radius 3 is 2.38 bits per heavy atom. The van der Waals surface area contributed by atoms with Crippen molar-refractivity contribution in [2.45, 2.75) is 6.92 Å². The van der Waals surface area contributed by atoms with Gasteiger partial charge >= 0.3 is 0 Å². The summed E-state index contributed by atoms with van der Waals surface area (Å²) in [5.41, 5.74) is 2.45. The highest BCUT2D eigenvalue weighted by Gasteiger charge is 2.17. The van der Waals surface area contributed by atoms with Crippen molar-refractivity contribution < 1.29 is 13.6 Å². The van der Waals surface area contributed by atoms with Gasteiger partial charge in [0.1, 0.15) is 11.6 Å². The molecule has 0 saturated carbocycles. The molecule has 2 nitrogen and oxygen atoms in total. The van der Waals surface area contributed by atoms with Crippen LogP contribution in [0, 0.1) is 18.6 Å². The summed E-state index contributed by atoms with van der Waals surface area (Å²) >= 11 is 0. The minimum Gasteiger partial charge on any atom is -0.350 e. The van der Waals surface area contributed by atoms with Crippen molar-refractivity contribution in [1.82, 2.24) is 4.57 Å². The van der Waals surface area contributed by atoms with Crippen molar-refractivity contribution >= 4 is 16.7 Å². The van der Waals surface area contributed by atoms with E-state index < -0.39 is 11.6 Å². The van der Waals surface area contributed by atoms with Crippen molar-refractivity contribution in [3.05, 3.63) is 70.9 Å². The van der Waals surface area contributed by atoms with Gasteiger partial charge in [-0.05, 0) is 30.7 Å². The molecule has 2 aromatic carbocycles. The van der Waals surface area contributed by atoms with Crippen LogP contribution in [-0.2, 0) is 7.05 Å². The van der Waals surface area contributed by atoms with E-state index in [9.17, 15) is 13.6 Å². The summed E-state index contributed by atoms with van der Waals surface area (Å²) in [4.78, 5) is 12.5. The second-order valence-electron chi connectivity index (χ2n) is 5.16. The Morgan fingerprint density at radius 1 is 1.05 bits per heavy atom. The Labute approximate surface area is 120 Å².